The van der Waals surface area contributed by atoms with Crippen molar-refractivity contribution in [1.82, 2.24) is 0 Å². The lowest BCUT2D eigenvalue weighted by Gasteiger charge is -2.28. The summed E-state index contributed by atoms with van der Waals surface area (Å²) in [4.78, 5) is 0. The molecule has 2 aromatic rings. The van der Waals surface area contributed by atoms with Crippen molar-refractivity contribution in [2.45, 2.75) is 90.9 Å². The van der Waals surface area contributed by atoms with E-state index in [0.717, 1.165) is 36.8 Å². The summed E-state index contributed by atoms with van der Waals surface area (Å²) in [5.41, 5.74) is 2.10. The van der Waals surface area contributed by atoms with Crippen LogP contribution >= 0.6 is 0 Å². The maximum absolute atomic E-state index is 9.99. The molecule has 4 N–H and O–H groups in total. The van der Waals surface area contributed by atoms with Gasteiger partial charge in [0.15, 0.2) is 23.0 Å². The van der Waals surface area contributed by atoms with E-state index in [1.165, 1.54) is 51.4 Å². The van der Waals surface area contributed by atoms with Gasteiger partial charge in [-0.1, -0.05) is 77.3 Å². The number of benzene rings is 2. The second-order valence-corrected chi connectivity index (χ2v) is 9.27. The van der Waals surface area contributed by atoms with Crippen LogP contribution in [-0.4, -0.2) is 20.4 Å². The topological polar surface area (TPSA) is 80.9 Å². The van der Waals surface area contributed by atoms with Gasteiger partial charge in [0.2, 0.25) is 0 Å². The predicted octanol–water partition coefficient (Wildman–Crippen LogP) is 7.47. The third-order valence-electron chi connectivity index (χ3n) is 6.60. The van der Waals surface area contributed by atoms with E-state index in [1.807, 2.05) is 12.1 Å². The van der Waals surface area contributed by atoms with Crippen LogP contribution in [0.5, 0.6) is 23.0 Å². The van der Waals surface area contributed by atoms with Gasteiger partial charge >= 0.3 is 0 Å². The van der Waals surface area contributed by atoms with Crippen LogP contribution in [0.4, 0.5) is 0 Å². The Morgan fingerprint density at radius 1 is 0.531 bits per heavy atom. The van der Waals surface area contributed by atoms with Crippen LogP contribution in [-0.2, 0) is 12.8 Å². The van der Waals surface area contributed by atoms with E-state index in [9.17, 15) is 20.4 Å². The van der Waals surface area contributed by atoms with Crippen molar-refractivity contribution in [3.8, 4) is 23.0 Å². The van der Waals surface area contributed by atoms with Crippen LogP contribution in [0.25, 0.3) is 0 Å². The zero-order valence-corrected chi connectivity index (χ0v) is 19.9. The molecule has 2 rings (SSSR count). The van der Waals surface area contributed by atoms with E-state index in [4.69, 9.17) is 0 Å². The maximum Gasteiger partial charge on any atom is 0.157 e. The second-order valence-electron chi connectivity index (χ2n) is 9.27. The standard InChI is InChI=1S/C28H42O4/c1-3-5-7-8-10-12-24(18-22-14-16-26(30)28(32)20-22)23(11-9-6-4-2)17-21-13-15-25(29)27(31)19-21/h13-16,19-20,23-24,29-32H,3-12,17-18H2,1-2H3/t23-,24-/m0/s1. The summed E-state index contributed by atoms with van der Waals surface area (Å²) in [6.07, 6.45) is 13.8. The normalized spacial score (nSPS) is 13.2. The van der Waals surface area contributed by atoms with Crippen molar-refractivity contribution in [2.75, 3.05) is 0 Å². The minimum Gasteiger partial charge on any atom is -0.504 e. The molecule has 0 saturated heterocycles. The summed E-state index contributed by atoms with van der Waals surface area (Å²) in [7, 11) is 0. The summed E-state index contributed by atoms with van der Waals surface area (Å²) in [5.74, 6) is 0.623. The van der Waals surface area contributed by atoms with Crippen molar-refractivity contribution < 1.29 is 20.4 Å². The first-order valence-corrected chi connectivity index (χ1v) is 12.5. The minimum absolute atomic E-state index is 0.0600. The highest BCUT2D eigenvalue weighted by Gasteiger charge is 2.23. The number of hydrogen-bond acceptors (Lipinski definition) is 4. The van der Waals surface area contributed by atoms with Gasteiger partial charge in [0.1, 0.15) is 0 Å². The van der Waals surface area contributed by atoms with Gasteiger partial charge in [0.25, 0.3) is 0 Å². The number of aromatic hydroxyl groups is 4. The Balaban J connectivity index is 2.20. The number of unbranched alkanes of at least 4 members (excludes halogenated alkanes) is 6. The molecule has 0 saturated carbocycles. The molecule has 2 atom stereocenters. The Morgan fingerprint density at radius 3 is 1.38 bits per heavy atom. The van der Waals surface area contributed by atoms with E-state index in [0.29, 0.717) is 11.8 Å². The Hall–Kier alpha value is -2.36. The molecule has 0 heterocycles. The van der Waals surface area contributed by atoms with Crippen LogP contribution in [0, 0.1) is 11.8 Å². The fourth-order valence-electron chi connectivity index (χ4n) is 4.67. The molecule has 4 nitrogen and oxygen atoms in total. The Kier molecular flexibility index (Phi) is 11.3. The molecule has 32 heavy (non-hydrogen) atoms. The molecule has 0 radical (unpaired) electrons. The zero-order valence-electron chi connectivity index (χ0n) is 19.9. The molecule has 2 aromatic carbocycles. The number of phenols is 4. The van der Waals surface area contributed by atoms with Gasteiger partial charge in [0.05, 0.1) is 0 Å². The lowest BCUT2D eigenvalue weighted by molar-refractivity contribution is 0.274. The molecule has 0 aliphatic heterocycles. The smallest absolute Gasteiger partial charge is 0.157 e. The molecular weight excluding hydrogens is 400 g/mol. The summed E-state index contributed by atoms with van der Waals surface area (Å²) >= 11 is 0. The van der Waals surface area contributed by atoms with Crippen LogP contribution in [0.1, 0.15) is 89.2 Å². The van der Waals surface area contributed by atoms with Crippen molar-refractivity contribution in [3.05, 3.63) is 47.5 Å². The highest BCUT2D eigenvalue weighted by Crippen LogP contribution is 2.35. The van der Waals surface area contributed by atoms with Gasteiger partial charge in [-0.2, -0.15) is 0 Å². The lowest BCUT2D eigenvalue weighted by atomic mass is 9.77. The Labute approximate surface area is 194 Å². The van der Waals surface area contributed by atoms with Crippen LogP contribution < -0.4 is 0 Å². The SMILES string of the molecule is CCCCCCC[C@@H](Cc1ccc(O)c(O)c1)[C@@H](CCCCC)Cc1ccc(O)c(O)c1. The maximum atomic E-state index is 9.99. The van der Waals surface area contributed by atoms with Gasteiger partial charge in [-0.05, 0) is 72.9 Å². The Bertz CT molecular complexity index is 802. The third-order valence-corrected chi connectivity index (χ3v) is 6.60. The summed E-state index contributed by atoms with van der Waals surface area (Å²) in [6.45, 7) is 4.45. The third kappa shape index (κ3) is 8.64. The Morgan fingerprint density at radius 2 is 0.938 bits per heavy atom. The summed E-state index contributed by atoms with van der Waals surface area (Å²) in [5, 5.41) is 39.4. The minimum atomic E-state index is -0.0803. The fraction of sp³-hybridized carbons (Fsp3) is 0.571. The monoisotopic (exact) mass is 442 g/mol. The largest absolute Gasteiger partial charge is 0.504 e. The highest BCUT2D eigenvalue weighted by molar-refractivity contribution is 5.41. The van der Waals surface area contributed by atoms with E-state index in [1.54, 1.807) is 24.3 Å². The zero-order chi connectivity index (χ0) is 23.3. The first kappa shape index (κ1) is 25.9. The lowest BCUT2D eigenvalue weighted by Crippen LogP contribution is -2.20. The second kappa shape index (κ2) is 13.9. The van der Waals surface area contributed by atoms with E-state index >= 15 is 0 Å². The molecule has 0 aliphatic rings. The number of phenolic OH excluding ortho intramolecular Hbond substituents is 4. The molecule has 0 aliphatic carbocycles. The summed E-state index contributed by atoms with van der Waals surface area (Å²) in [6, 6.07) is 10.3. The fourth-order valence-corrected chi connectivity index (χ4v) is 4.67. The molecule has 0 unspecified atom stereocenters. The first-order chi connectivity index (χ1) is 15.4. The molecule has 0 fully saturated rings. The average Bonchev–Trinajstić information content (AvgIpc) is 2.77. The number of hydrogen-bond donors (Lipinski definition) is 4. The number of rotatable bonds is 15. The van der Waals surface area contributed by atoms with Gasteiger partial charge < -0.3 is 20.4 Å². The van der Waals surface area contributed by atoms with Gasteiger partial charge in [-0.15, -0.1) is 0 Å². The molecule has 0 spiro atoms. The van der Waals surface area contributed by atoms with E-state index in [2.05, 4.69) is 13.8 Å². The van der Waals surface area contributed by atoms with Crippen LogP contribution in [0.3, 0.4) is 0 Å². The van der Waals surface area contributed by atoms with E-state index < -0.39 is 0 Å². The van der Waals surface area contributed by atoms with Crippen LogP contribution in [0.2, 0.25) is 0 Å². The molecular formula is C28H42O4. The molecule has 0 aromatic heterocycles. The molecule has 0 amide bonds. The van der Waals surface area contributed by atoms with Crippen molar-refractivity contribution in [3.63, 3.8) is 0 Å². The van der Waals surface area contributed by atoms with Gasteiger partial charge in [0, 0.05) is 0 Å². The van der Waals surface area contributed by atoms with E-state index in [-0.39, 0.29) is 23.0 Å². The highest BCUT2D eigenvalue weighted by atomic mass is 16.3. The molecule has 178 valence electrons. The first-order valence-electron chi connectivity index (χ1n) is 12.5. The van der Waals surface area contributed by atoms with Crippen molar-refractivity contribution in [1.29, 1.82) is 0 Å². The quantitative estimate of drug-likeness (QED) is 0.170. The molecule has 4 heteroatoms. The van der Waals surface area contributed by atoms with Gasteiger partial charge in [-0.3, -0.25) is 0 Å². The molecule has 0 bridgehead atoms. The van der Waals surface area contributed by atoms with Gasteiger partial charge in [-0.25, -0.2) is 0 Å². The van der Waals surface area contributed by atoms with Crippen LogP contribution in [0.15, 0.2) is 36.4 Å². The average molecular weight is 443 g/mol. The van der Waals surface area contributed by atoms with Crippen molar-refractivity contribution in [2.24, 2.45) is 11.8 Å². The van der Waals surface area contributed by atoms with Crippen molar-refractivity contribution >= 4 is 0 Å². The predicted molar refractivity (Wildman–Crippen MR) is 131 cm³/mol. The summed E-state index contributed by atoms with van der Waals surface area (Å²) < 4.78 is 0.